The highest BCUT2D eigenvalue weighted by molar-refractivity contribution is 9.10. The van der Waals surface area contributed by atoms with E-state index in [1.165, 1.54) is 19.1 Å². The fourth-order valence-electron chi connectivity index (χ4n) is 2.45. The molecule has 6 nitrogen and oxygen atoms in total. The third-order valence-electron chi connectivity index (χ3n) is 4.03. The lowest BCUT2D eigenvalue weighted by Crippen LogP contribution is -2.45. The van der Waals surface area contributed by atoms with Crippen molar-refractivity contribution in [3.63, 3.8) is 0 Å². The fourth-order valence-corrected chi connectivity index (χ4v) is 2.95. The summed E-state index contributed by atoms with van der Waals surface area (Å²) in [7, 11) is 4.65. The Kier molecular flexibility index (Phi) is 5.19. The molecule has 0 spiro atoms. The minimum Gasteiger partial charge on any atom is -0.493 e. The molecule has 1 saturated carbocycles. The van der Waals surface area contributed by atoms with Gasteiger partial charge in [0.15, 0.2) is 11.5 Å². The number of likely N-dealkylation sites (N-methyl/N-ethyl adjacent to an activating group) is 1. The summed E-state index contributed by atoms with van der Waals surface area (Å²) in [5.74, 6) is 0.342. The topological polar surface area (TPSA) is 65.1 Å². The first-order chi connectivity index (χ1) is 10.9. The maximum absolute atomic E-state index is 12.8. The van der Waals surface area contributed by atoms with Crippen molar-refractivity contribution in [1.29, 1.82) is 0 Å². The molecule has 1 fully saturated rings. The predicted molar refractivity (Wildman–Crippen MR) is 87.9 cm³/mol. The van der Waals surface area contributed by atoms with Crippen molar-refractivity contribution < 1.29 is 23.8 Å². The Balaban J connectivity index is 2.32. The van der Waals surface area contributed by atoms with E-state index < -0.39 is 5.54 Å². The molecule has 1 aromatic carbocycles. The SMILES string of the molecule is CCOC(=O)C1(N(C)C(=O)c2cc(OC)c(OC)cc2Br)CC1. The van der Waals surface area contributed by atoms with Gasteiger partial charge in [0, 0.05) is 11.5 Å². The van der Waals surface area contributed by atoms with Crippen LogP contribution in [0, 0.1) is 0 Å². The Morgan fingerprint density at radius 2 is 1.78 bits per heavy atom. The van der Waals surface area contributed by atoms with E-state index in [2.05, 4.69) is 15.9 Å². The highest BCUT2D eigenvalue weighted by atomic mass is 79.9. The van der Waals surface area contributed by atoms with Crippen molar-refractivity contribution in [1.82, 2.24) is 4.90 Å². The van der Waals surface area contributed by atoms with Crippen molar-refractivity contribution in [2.24, 2.45) is 0 Å². The molecule has 1 aliphatic rings. The van der Waals surface area contributed by atoms with E-state index in [-0.39, 0.29) is 11.9 Å². The van der Waals surface area contributed by atoms with Crippen LogP contribution in [0.3, 0.4) is 0 Å². The Labute approximate surface area is 143 Å². The lowest BCUT2D eigenvalue weighted by atomic mass is 10.1. The van der Waals surface area contributed by atoms with Gasteiger partial charge in [0.05, 0.1) is 26.4 Å². The summed E-state index contributed by atoms with van der Waals surface area (Å²) in [6, 6.07) is 3.27. The summed E-state index contributed by atoms with van der Waals surface area (Å²) in [5, 5.41) is 0. The van der Waals surface area contributed by atoms with Gasteiger partial charge in [-0.25, -0.2) is 4.79 Å². The van der Waals surface area contributed by atoms with Gasteiger partial charge in [-0.15, -0.1) is 0 Å². The zero-order valence-electron chi connectivity index (χ0n) is 13.6. The van der Waals surface area contributed by atoms with Crippen LogP contribution in [0.5, 0.6) is 11.5 Å². The van der Waals surface area contributed by atoms with E-state index in [1.54, 1.807) is 26.1 Å². The number of hydrogen-bond acceptors (Lipinski definition) is 5. The third kappa shape index (κ3) is 3.15. The van der Waals surface area contributed by atoms with Crippen LogP contribution in [0.2, 0.25) is 0 Å². The summed E-state index contributed by atoms with van der Waals surface area (Å²) in [6.07, 6.45) is 1.22. The largest absolute Gasteiger partial charge is 0.493 e. The average Bonchev–Trinajstić information content (AvgIpc) is 3.35. The van der Waals surface area contributed by atoms with Gasteiger partial charge in [0.25, 0.3) is 5.91 Å². The maximum atomic E-state index is 12.8. The summed E-state index contributed by atoms with van der Waals surface area (Å²) in [5.41, 5.74) is -0.444. The van der Waals surface area contributed by atoms with Crippen LogP contribution in [-0.4, -0.2) is 50.2 Å². The minimum absolute atomic E-state index is 0.275. The Bertz CT molecular complexity index is 627. The molecule has 2 rings (SSSR count). The molecule has 0 unspecified atom stereocenters. The quantitative estimate of drug-likeness (QED) is 0.704. The average molecular weight is 386 g/mol. The molecular formula is C16H20BrNO5. The summed E-state index contributed by atoms with van der Waals surface area (Å²) in [6.45, 7) is 2.05. The normalized spacial score (nSPS) is 14.8. The first-order valence-corrected chi connectivity index (χ1v) is 8.07. The molecule has 0 bridgehead atoms. The zero-order chi connectivity index (χ0) is 17.2. The van der Waals surface area contributed by atoms with Gasteiger partial charge in [-0.1, -0.05) is 0 Å². The van der Waals surface area contributed by atoms with Crippen LogP contribution in [0.25, 0.3) is 0 Å². The molecule has 0 radical (unpaired) electrons. The third-order valence-corrected chi connectivity index (χ3v) is 4.69. The molecule has 0 saturated heterocycles. The van der Waals surface area contributed by atoms with E-state index in [0.717, 1.165) is 0 Å². The Morgan fingerprint density at radius 1 is 1.22 bits per heavy atom. The van der Waals surface area contributed by atoms with Crippen molar-refractivity contribution in [3.8, 4) is 11.5 Å². The number of rotatable bonds is 6. The lowest BCUT2D eigenvalue weighted by Gasteiger charge is -2.27. The zero-order valence-corrected chi connectivity index (χ0v) is 15.2. The second-order valence-electron chi connectivity index (χ2n) is 5.30. The molecule has 1 amide bonds. The maximum Gasteiger partial charge on any atom is 0.332 e. The van der Waals surface area contributed by atoms with Crippen LogP contribution in [-0.2, 0) is 9.53 Å². The second-order valence-corrected chi connectivity index (χ2v) is 6.16. The smallest absolute Gasteiger partial charge is 0.332 e. The van der Waals surface area contributed by atoms with Crippen molar-refractivity contribution >= 4 is 27.8 Å². The molecule has 0 N–H and O–H groups in total. The molecule has 7 heteroatoms. The number of esters is 1. The van der Waals surface area contributed by atoms with Gasteiger partial charge >= 0.3 is 5.97 Å². The van der Waals surface area contributed by atoms with E-state index in [9.17, 15) is 9.59 Å². The molecular weight excluding hydrogens is 366 g/mol. The van der Waals surface area contributed by atoms with Gasteiger partial charge in [-0.3, -0.25) is 4.79 Å². The molecule has 1 aliphatic carbocycles. The van der Waals surface area contributed by atoms with Crippen LogP contribution in [0.1, 0.15) is 30.1 Å². The van der Waals surface area contributed by atoms with E-state index in [4.69, 9.17) is 14.2 Å². The number of carbonyl (C=O) groups is 2. The number of ether oxygens (including phenoxy) is 3. The van der Waals surface area contributed by atoms with Gasteiger partial charge in [0.1, 0.15) is 5.54 Å². The van der Waals surface area contributed by atoms with Crippen LogP contribution in [0.15, 0.2) is 16.6 Å². The standard InChI is InChI=1S/C16H20BrNO5/c1-5-23-15(20)16(6-7-16)18(2)14(19)10-8-12(21-3)13(22-4)9-11(10)17/h8-9H,5-7H2,1-4H3. The number of benzene rings is 1. The molecule has 126 valence electrons. The fraction of sp³-hybridized carbons (Fsp3) is 0.500. The molecule has 1 aromatic rings. The number of nitrogens with zero attached hydrogens (tertiary/aromatic N) is 1. The summed E-state index contributed by atoms with van der Waals surface area (Å²) < 4.78 is 16.1. The number of halogens is 1. The molecule has 0 heterocycles. The number of amides is 1. The molecule has 0 aliphatic heterocycles. The van der Waals surface area contributed by atoms with E-state index >= 15 is 0 Å². The highest BCUT2D eigenvalue weighted by Crippen LogP contribution is 2.44. The highest BCUT2D eigenvalue weighted by Gasteiger charge is 2.56. The van der Waals surface area contributed by atoms with E-state index in [1.807, 2.05) is 0 Å². The molecule has 0 atom stereocenters. The lowest BCUT2D eigenvalue weighted by molar-refractivity contribution is -0.149. The van der Waals surface area contributed by atoms with Gasteiger partial charge in [-0.2, -0.15) is 0 Å². The second kappa shape index (κ2) is 6.78. The van der Waals surface area contributed by atoms with Crippen LogP contribution in [0.4, 0.5) is 0 Å². The number of carbonyl (C=O) groups excluding carboxylic acids is 2. The molecule has 0 aromatic heterocycles. The van der Waals surface area contributed by atoms with Gasteiger partial charge in [-0.05, 0) is 47.8 Å². The first-order valence-electron chi connectivity index (χ1n) is 7.28. The van der Waals surface area contributed by atoms with E-state index in [0.29, 0.717) is 41.0 Å². The number of methoxy groups -OCH3 is 2. The predicted octanol–water partition coefficient (Wildman–Crippen LogP) is 2.63. The van der Waals surface area contributed by atoms with Crippen molar-refractivity contribution in [2.45, 2.75) is 25.3 Å². The monoisotopic (exact) mass is 385 g/mol. The first kappa shape index (κ1) is 17.6. The van der Waals surface area contributed by atoms with Gasteiger partial charge in [0.2, 0.25) is 0 Å². The minimum atomic E-state index is -0.848. The summed E-state index contributed by atoms with van der Waals surface area (Å²) >= 11 is 3.38. The van der Waals surface area contributed by atoms with Gasteiger partial charge < -0.3 is 19.1 Å². The summed E-state index contributed by atoms with van der Waals surface area (Å²) in [4.78, 5) is 26.4. The Morgan fingerprint density at radius 3 is 2.26 bits per heavy atom. The Hall–Kier alpha value is -1.76. The van der Waals surface area contributed by atoms with Crippen molar-refractivity contribution in [2.75, 3.05) is 27.9 Å². The number of hydrogen-bond donors (Lipinski definition) is 0. The van der Waals surface area contributed by atoms with Crippen LogP contribution >= 0.6 is 15.9 Å². The van der Waals surface area contributed by atoms with Crippen LogP contribution < -0.4 is 9.47 Å². The molecule has 23 heavy (non-hydrogen) atoms. The van der Waals surface area contributed by atoms with Crippen molar-refractivity contribution in [3.05, 3.63) is 22.2 Å².